The summed E-state index contributed by atoms with van der Waals surface area (Å²) < 4.78 is 0. The van der Waals surface area contributed by atoms with Crippen LogP contribution in [0.1, 0.15) is 45.7 Å². The molecule has 0 fully saturated rings. The van der Waals surface area contributed by atoms with Crippen LogP contribution < -0.4 is 5.32 Å². The quantitative estimate of drug-likeness (QED) is 0.740. The van der Waals surface area contributed by atoms with Crippen LogP contribution in [0.5, 0.6) is 0 Å². The summed E-state index contributed by atoms with van der Waals surface area (Å²) in [6.45, 7) is 9.18. The first-order valence-corrected chi connectivity index (χ1v) is 7.65. The van der Waals surface area contributed by atoms with E-state index in [1.165, 1.54) is 10.5 Å². The van der Waals surface area contributed by atoms with Gasteiger partial charge in [0.2, 0.25) is 0 Å². The highest BCUT2D eigenvalue weighted by atomic mass is 32.2. The van der Waals surface area contributed by atoms with Gasteiger partial charge in [-0.1, -0.05) is 26.0 Å². The minimum atomic E-state index is -0.575. The van der Waals surface area contributed by atoms with E-state index in [2.05, 4.69) is 43.4 Å². The summed E-state index contributed by atoms with van der Waals surface area (Å²) in [6, 6.07) is 8.94. The fourth-order valence-electron chi connectivity index (χ4n) is 1.64. The largest absolute Gasteiger partial charge is 0.389 e. The summed E-state index contributed by atoms with van der Waals surface area (Å²) in [5.74, 6) is 0.739. The van der Waals surface area contributed by atoms with Gasteiger partial charge < -0.3 is 10.4 Å². The number of nitrogens with one attached hydrogen (secondary N) is 1. The van der Waals surface area contributed by atoms with E-state index < -0.39 is 5.60 Å². The number of hydrogen-bond donors (Lipinski definition) is 2. The van der Waals surface area contributed by atoms with Gasteiger partial charge in [0.05, 0.1) is 5.60 Å². The van der Waals surface area contributed by atoms with Crippen LogP contribution in [0.15, 0.2) is 29.2 Å². The van der Waals surface area contributed by atoms with Crippen molar-refractivity contribution < 1.29 is 5.11 Å². The summed E-state index contributed by atoms with van der Waals surface area (Å²) >= 11 is 1.72. The predicted octanol–water partition coefficient (Wildman–Crippen LogP) is 3.61. The van der Waals surface area contributed by atoms with E-state index in [-0.39, 0.29) is 0 Å². The Bertz CT molecular complexity index is 365. The van der Waals surface area contributed by atoms with Gasteiger partial charge in [0.1, 0.15) is 0 Å². The van der Waals surface area contributed by atoms with Crippen molar-refractivity contribution in [3.05, 3.63) is 29.8 Å². The highest BCUT2D eigenvalue weighted by molar-refractivity contribution is 7.99. The van der Waals surface area contributed by atoms with E-state index >= 15 is 0 Å². The zero-order valence-corrected chi connectivity index (χ0v) is 12.7. The van der Waals surface area contributed by atoms with Crippen molar-refractivity contribution in [2.45, 2.75) is 50.7 Å². The molecule has 1 rings (SSSR count). The smallest absolute Gasteiger partial charge is 0.0710 e. The summed E-state index contributed by atoms with van der Waals surface area (Å²) in [5, 5.41) is 13.4. The van der Waals surface area contributed by atoms with Crippen molar-refractivity contribution in [1.29, 1.82) is 0 Å². The van der Waals surface area contributed by atoms with Crippen LogP contribution >= 0.6 is 11.8 Å². The molecule has 0 aliphatic heterocycles. The maximum absolute atomic E-state index is 10.0. The summed E-state index contributed by atoms with van der Waals surface area (Å²) in [4.78, 5) is 1.23. The second-order valence-electron chi connectivity index (χ2n) is 4.99. The van der Waals surface area contributed by atoms with E-state index in [1.54, 1.807) is 11.8 Å². The van der Waals surface area contributed by atoms with Gasteiger partial charge in [-0.05, 0) is 44.5 Å². The van der Waals surface area contributed by atoms with E-state index in [9.17, 15) is 5.11 Å². The molecule has 0 amide bonds. The molecule has 2 nitrogen and oxygen atoms in total. The first-order chi connectivity index (χ1) is 8.48. The third kappa shape index (κ3) is 5.01. The molecule has 0 bridgehead atoms. The van der Waals surface area contributed by atoms with E-state index in [4.69, 9.17) is 0 Å². The van der Waals surface area contributed by atoms with Gasteiger partial charge in [-0.25, -0.2) is 0 Å². The first-order valence-electron chi connectivity index (χ1n) is 6.67. The van der Waals surface area contributed by atoms with Crippen LogP contribution in [-0.4, -0.2) is 23.0 Å². The molecule has 2 atom stereocenters. The summed E-state index contributed by atoms with van der Waals surface area (Å²) in [7, 11) is 0. The normalized spacial score (nSPS) is 16.3. The molecule has 102 valence electrons. The number of rotatable bonds is 7. The van der Waals surface area contributed by atoms with Crippen molar-refractivity contribution in [3.8, 4) is 0 Å². The molecule has 0 aliphatic rings. The van der Waals surface area contributed by atoms with E-state index in [0.29, 0.717) is 6.04 Å². The summed E-state index contributed by atoms with van der Waals surface area (Å²) in [6.07, 6.45) is 0.785. The molecule has 0 saturated heterocycles. The molecular weight excluding hydrogens is 242 g/mol. The van der Waals surface area contributed by atoms with Gasteiger partial charge in [-0.3, -0.25) is 0 Å². The Hall–Kier alpha value is -0.510. The molecule has 1 aromatic rings. The third-order valence-electron chi connectivity index (χ3n) is 3.18. The molecule has 2 unspecified atom stereocenters. The maximum atomic E-state index is 10.0. The number of benzene rings is 1. The zero-order valence-electron chi connectivity index (χ0n) is 11.9. The molecule has 0 spiro atoms. The maximum Gasteiger partial charge on any atom is 0.0710 e. The van der Waals surface area contributed by atoms with Gasteiger partial charge in [0.15, 0.2) is 0 Å². The molecule has 0 aliphatic carbocycles. The minimum Gasteiger partial charge on any atom is -0.389 e. The van der Waals surface area contributed by atoms with Crippen LogP contribution in [0.3, 0.4) is 0 Å². The lowest BCUT2D eigenvalue weighted by Crippen LogP contribution is -2.25. The molecule has 1 aromatic carbocycles. The molecule has 3 heteroatoms. The number of thioether (sulfide) groups is 1. The molecule has 2 N–H and O–H groups in total. The fourth-order valence-corrected chi connectivity index (χ4v) is 2.71. The Labute approximate surface area is 115 Å². The van der Waals surface area contributed by atoms with Crippen LogP contribution in [0.4, 0.5) is 0 Å². The van der Waals surface area contributed by atoms with Gasteiger partial charge in [-0.15, -0.1) is 11.8 Å². The topological polar surface area (TPSA) is 32.3 Å². The average Bonchev–Trinajstić information content (AvgIpc) is 2.37. The highest BCUT2D eigenvalue weighted by Crippen LogP contribution is 2.26. The van der Waals surface area contributed by atoms with Crippen LogP contribution in [0.25, 0.3) is 0 Å². The van der Waals surface area contributed by atoms with Crippen molar-refractivity contribution in [2.24, 2.45) is 0 Å². The highest BCUT2D eigenvalue weighted by Gasteiger charge is 2.17. The predicted molar refractivity (Wildman–Crippen MR) is 80.2 cm³/mol. The second kappa shape index (κ2) is 7.17. The minimum absolute atomic E-state index is 0.377. The van der Waals surface area contributed by atoms with Crippen molar-refractivity contribution >= 4 is 11.8 Å². The Kier molecular flexibility index (Phi) is 6.19. The molecule has 0 aromatic heterocycles. The number of aliphatic hydroxyl groups is 1. The monoisotopic (exact) mass is 267 g/mol. The van der Waals surface area contributed by atoms with Crippen LogP contribution in [0.2, 0.25) is 0 Å². The van der Waals surface area contributed by atoms with Gasteiger partial charge >= 0.3 is 0 Å². The van der Waals surface area contributed by atoms with E-state index in [0.717, 1.165) is 18.7 Å². The first kappa shape index (κ1) is 15.5. The molecule has 0 heterocycles. The summed E-state index contributed by atoms with van der Waals surface area (Å²) in [5.41, 5.74) is 0.728. The molecule has 18 heavy (non-hydrogen) atoms. The van der Waals surface area contributed by atoms with Gasteiger partial charge in [0, 0.05) is 16.7 Å². The van der Waals surface area contributed by atoms with Crippen LogP contribution in [-0.2, 0) is 0 Å². The lowest BCUT2D eigenvalue weighted by Gasteiger charge is -2.21. The second-order valence-corrected chi connectivity index (χ2v) is 6.04. The molecule has 0 radical (unpaired) electrons. The SMILES string of the molecule is CCNC(C)c1cccc(SCC(C)(O)CC)c1. The van der Waals surface area contributed by atoms with Crippen LogP contribution in [0, 0.1) is 0 Å². The Morgan fingerprint density at radius 3 is 2.72 bits per heavy atom. The Morgan fingerprint density at radius 1 is 1.39 bits per heavy atom. The number of hydrogen-bond acceptors (Lipinski definition) is 3. The van der Waals surface area contributed by atoms with Crippen molar-refractivity contribution in [3.63, 3.8) is 0 Å². The van der Waals surface area contributed by atoms with Crippen molar-refractivity contribution in [1.82, 2.24) is 5.32 Å². The fraction of sp³-hybridized carbons (Fsp3) is 0.600. The standard InChI is InChI=1S/C15H25NOS/c1-5-15(4,17)11-18-14-9-7-8-13(10-14)12(3)16-6-2/h7-10,12,16-17H,5-6,11H2,1-4H3. The third-order valence-corrected chi connectivity index (χ3v) is 4.53. The zero-order chi connectivity index (χ0) is 13.6. The molecule has 0 saturated carbocycles. The average molecular weight is 267 g/mol. The Morgan fingerprint density at radius 2 is 2.11 bits per heavy atom. The molecular formula is C15H25NOS. The van der Waals surface area contributed by atoms with Gasteiger partial charge in [-0.2, -0.15) is 0 Å². The lowest BCUT2D eigenvalue weighted by atomic mass is 10.1. The van der Waals surface area contributed by atoms with Gasteiger partial charge in [0.25, 0.3) is 0 Å². The Balaban J connectivity index is 2.65. The lowest BCUT2D eigenvalue weighted by molar-refractivity contribution is 0.0816. The van der Waals surface area contributed by atoms with E-state index in [1.807, 2.05) is 13.8 Å². The van der Waals surface area contributed by atoms with Crippen molar-refractivity contribution in [2.75, 3.05) is 12.3 Å².